The van der Waals surface area contributed by atoms with E-state index in [-0.39, 0.29) is 10.6 Å². The Morgan fingerprint density at radius 2 is 2.04 bits per heavy atom. The van der Waals surface area contributed by atoms with E-state index in [1.807, 2.05) is 4.90 Å². The number of ether oxygens (including phenoxy) is 1. The molecule has 0 unspecified atom stereocenters. The number of amides is 1. The second kappa shape index (κ2) is 6.89. The molecule has 2 aromatic rings. The van der Waals surface area contributed by atoms with E-state index in [1.165, 1.54) is 18.5 Å². The third-order valence-electron chi connectivity index (χ3n) is 3.41. The number of rotatable bonds is 3. The molecule has 3 rings (SSSR count). The summed E-state index contributed by atoms with van der Waals surface area (Å²) in [5.41, 5.74) is 0.180. The predicted octanol–water partition coefficient (Wildman–Crippen LogP) is 2.36. The standard InChI is InChI=1S/C15H14ClFN4O2/c16-12-7-10(17)1-2-11(12)15(22)20-13-8-14(19-9-18-13)21-3-5-23-6-4-21/h1-2,7-9H,3-6H2,(H,18,19,20,22). The van der Waals surface area contributed by atoms with Crippen LogP contribution in [0.4, 0.5) is 16.0 Å². The molecular weight excluding hydrogens is 323 g/mol. The van der Waals surface area contributed by atoms with Gasteiger partial charge in [-0.25, -0.2) is 14.4 Å². The Labute approximate surface area is 137 Å². The number of hydrogen-bond donors (Lipinski definition) is 1. The van der Waals surface area contributed by atoms with Gasteiger partial charge < -0.3 is 15.0 Å². The molecule has 1 aliphatic heterocycles. The number of nitrogens with zero attached hydrogens (tertiary/aromatic N) is 3. The Morgan fingerprint density at radius 3 is 2.78 bits per heavy atom. The third-order valence-corrected chi connectivity index (χ3v) is 3.72. The van der Waals surface area contributed by atoms with E-state index < -0.39 is 11.7 Å². The smallest absolute Gasteiger partial charge is 0.258 e. The van der Waals surface area contributed by atoms with Crippen molar-refractivity contribution in [2.75, 3.05) is 36.5 Å². The summed E-state index contributed by atoms with van der Waals surface area (Å²) in [5, 5.41) is 2.69. The van der Waals surface area contributed by atoms with Gasteiger partial charge in [0.25, 0.3) is 5.91 Å². The van der Waals surface area contributed by atoms with Gasteiger partial charge in [-0.2, -0.15) is 0 Å². The quantitative estimate of drug-likeness (QED) is 0.932. The van der Waals surface area contributed by atoms with Crippen LogP contribution in [0.2, 0.25) is 5.02 Å². The van der Waals surface area contributed by atoms with Crippen molar-refractivity contribution in [2.24, 2.45) is 0 Å². The summed E-state index contributed by atoms with van der Waals surface area (Å²) < 4.78 is 18.3. The van der Waals surface area contributed by atoms with Gasteiger partial charge in [-0.1, -0.05) is 11.6 Å². The van der Waals surface area contributed by atoms with Gasteiger partial charge in [-0.05, 0) is 18.2 Å². The van der Waals surface area contributed by atoms with Crippen LogP contribution >= 0.6 is 11.6 Å². The zero-order chi connectivity index (χ0) is 16.2. The van der Waals surface area contributed by atoms with Crippen molar-refractivity contribution in [1.29, 1.82) is 0 Å². The second-order valence-corrected chi connectivity index (χ2v) is 5.35. The van der Waals surface area contributed by atoms with Gasteiger partial charge in [0, 0.05) is 19.2 Å². The number of halogens is 2. The lowest BCUT2D eigenvalue weighted by Crippen LogP contribution is -2.36. The first-order chi connectivity index (χ1) is 11.1. The number of hydrogen-bond acceptors (Lipinski definition) is 5. The number of nitrogens with one attached hydrogen (secondary N) is 1. The van der Waals surface area contributed by atoms with Gasteiger partial charge in [0.1, 0.15) is 23.8 Å². The van der Waals surface area contributed by atoms with Crippen molar-refractivity contribution in [3.63, 3.8) is 0 Å². The van der Waals surface area contributed by atoms with Gasteiger partial charge in [0.05, 0.1) is 23.8 Å². The van der Waals surface area contributed by atoms with E-state index in [1.54, 1.807) is 6.07 Å². The van der Waals surface area contributed by atoms with Crippen molar-refractivity contribution in [3.05, 3.63) is 47.0 Å². The highest BCUT2D eigenvalue weighted by Gasteiger charge is 2.15. The molecule has 0 radical (unpaired) electrons. The van der Waals surface area contributed by atoms with Crippen LogP contribution in [0.25, 0.3) is 0 Å². The van der Waals surface area contributed by atoms with E-state index in [9.17, 15) is 9.18 Å². The molecule has 0 aliphatic carbocycles. The highest BCUT2D eigenvalue weighted by Crippen LogP contribution is 2.20. The molecule has 8 heteroatoms. The van der Waals surface area contributed by atoms with Crippen molar-refractivity contribution in [2.45, 2.75) is 0 Å². The van der Waals surface area contributed by atoms with Gasteiger partial charge >= 0.3 is 0 Å². The summed E-state index contributed by atoms with van der Waals surface area (Å²) in [6, 6.07) is 5.28. The Kier molecular flexibility index (Phi) is 4.68. The average Bonchev–Trinajstić information content (AvgIpc) is 2.56. The molecule has 23 heavy (non-hydrogen) atoms. The van der Waals surface area contributed by atoms with Crippen molar-refractivity contribution < 1.29 is 13.9 Å². The summed E-state index contributed by atoms with van der Waals surface area (Å²) >= 11 is 5.89. The maximum Gasteiger partial charge on any atom is 0.258 e. The van der Waals surface area contributed by atoms with Crippen molar-refractivity contribution in [3.8, 4) is 0 Å². The van der Waals surface area contributed by atoms with Crippen LogP contribution in [-0.4, -0.2) is 42.2 Å². The highest BCUT2D eigenvalue weighted by molar-refractivity contribution is 6.34. The summed E-state index contributed by atoms with van der Waals surface area (Å²) in [6.07, 6.45) is 1.38. The first kappa shape index (κ1) is 15.6. The summed E-state index contributed by atoms with van der Waals surface area (Å²) in [7, 11) is 0. The molecule has 1 aromatic heterocycles. The number of benzene rings is 1. The van der Waals surface area contributed by atoms with E-state index in [2.05, 4.69) is 15.3 Å². The molecule has 0 spiro atoms. The maximum atomic E-state index is 13.0. The molecule has 1 amide bonds. The van der Waals surface area contributed by atoms with Crippen LogP contribution in [0.3, 0.4) is 0 Å². The van der Waals surface area contributed by atoms with E-state index >= 15 is 0 Å². The molecule has 120 valence electrons. The number of carbonyl (C=O) groups excluding carboxylic acids is 1. The zero-order valence-electron chi connectivity index (χ0n) is 12.1. The van der Waals surface area contributed by atoms with Gasteiger partial charge in [-0.15, -0.1) is 0 Å². The van der Waals surface area contributed by atoms with Crippen LogP contribution in [0.1, 0.15) is 10.4 Å². The normalized spacial score (nSPS) is 14.6. The molecule has 0 atom stereocenters. The largest absolute Gasteiger partial charge is 0.378 e. The summed E-state index contributed by atoms with van der Waals surface area (Å²) in [6.45, 7) is 2.73. The SMILES string of the molecule is O=C(Nc1cc(N2CCOCC2)ncn1)c1ccc(F)cc1Cl. The highest BCUT2D eigenvalue weighted by atomic mass is 35.5. The molecule has 6 nitrogen and oxygen atoms in total. The minimum Gasteiger partial charge on any atom is -0.378 e. The van der Waals surface area contributed by atoms with Crippen LogP contribution < -0.4 is 10.2 Å². The van der Waals surface area contributed by atoms with Crippen LogP contribution in [-0.2, 0) is 4.74 Å². The summed E-state index contributed by atoms with van der Waals surface area (Å²) in [4.78, 5) is 22.5. The van der Waals surface area contributed by atoms with Gasteiger partial charge in [-0.3, -0.25) is 4.79 Å². The Hall–Kier alpha value is -2.25. The number of carbonyl (C=O) groups is 1. The topological polar surface area (TPSA) is 67.4 Å². The minimum atomic E-state index is -0.497. The van der Waals surface area contributed by atoms with Crippen molar-refractivity contribution in [1.82, 2.24) is 9.97 Å². The second-order valence-electron chi connectivity index (χ2n) is 4.94. The van der Waals surface area contributed by atoms with Gasteiger partial charge in [0.2, 0.25) is 0 Å². The van der Waals surface area contributed by atoms with Gasteiger partial charge in [0.15, 0.2) is 0 Å². The van der Waals surface area contributed by atoms with E-state index in [0.717, 1.165) is 19.2 Å². The molecule has 1 fully saturated rings. The number of anilines is 2. The van der Waals surface area contributed by atoms with E-state index in [4.69, 9.17) is 16.3 Å². The number of aromatic nitrogens is 2. The fourth-order valence-corrected chi connectivity index (χ4v) is 2.49. The number of morpholine rings is 1. The van der Waals surface area contributed by atoms with Crippen LogP contribution in [0, 0.1) is 5.82 Å². The molecule has 0 saturated carbocycles. The first-order valence-corrected chi connectivity index (χ1v) is 7.42. The fraction of sp³-hybridized carbons (Fsp3) is 0.267. The first-order valence-electron chi connectivity index (χ1n) is 7.04. The van der Waals surface area contributed by atoms with Crippen LogP contribution in [0.15, 0.2) is 30.6 Å². The summed E-state index contributed by atoms with van der Waals surface area (Å²) in [5.74, 6) is 0.112. The molecule has 2 heterocycles. The maximum absolute atomic E-state index is 13.0. The molecule has 0 bridgehead atoms. The Morgan fingerprint density at radius 1 is 1.26 bits per heavy atom. The van der Waals surface area contributed by atoms with E-state index in [0.29, 0.717) is 24.8 Å². The predicted molar refractivity (Wildman–Crippen MR) is 84.4 cm³/mol. The lowest BCUT2D eigenvalue weighted by atomic mass is 10.2. The zero-order valence-corrected chi connectivity index (χ0v) is 12.9. The minimum absolute atomic E-state index is 0.0463. The average molecular weight is 337 g/mol. The van der Waals surface area contributed by atoms with Crippen molar-refractivity contribution >= 4 is 29.1 Å². The lowest BCUT2D eigenvalue weighted by molar-refractivity contribution is 0.102. The van der Waals surface area contributed by atoms with Crippen LogP contribution in [0.5, 0.6) is 0 Å². The Bertz CT molecular complexity index is 722. The Balaban J connectivity index is 1.75. The molecule has 1 aromatic carbocycles. The molecule has 1 aliphatic rings. The molecular formula is C15H14ClFN4O2. The monoisotopic (exact) mass is 336 g/mol. The fourth-order valence-electron chi connectivity index (χ4n) is 2.24. The third kappa shape index (κ3) is 3.75. The molecule has 1 N–H and O–H groups in total. The lowest BCUT2D eigenvalue weighted by Gasteiger charge is -2.27. The molecule has 1 saturated heterocycles.